The highest BCUT2D eigenvalue weighted by atomic mass is 15.3. The Morgan fingerprint density at radius 3 is 2.55 bits per heavy atom. The number of hydrogen-bond donors (Lipinski definition) is 2. The number of piperidine rings is 1. The van der Waals surface area contributed by atoms with Crippen molar-refractivity contribution in [3.63, 3.8) is 0 Å². The number of fused-ring (bicyclic) bond motifs is 1. The maximum Gasteiger partial charge on any atom is 0.165 e. The van der Waals surface area contributed by atoms with Crippen molar-refractivity contribution in [2.75, 3.05) is 18.8 Å². The Labute approximate surface area is 129 Å². The first-order chi connectivity index (χ1) is 10.8. The van der Waals surface area contributed by atoms with Gasteiger partial charge in [-0.05, 0) is 32.0 Å². The standard InChI is InChI=1S/C10H10N6.C5H11N/c1-15-6-7(4-13-15)8-5-14-16-9(11)2-3-12-10(8)16;1-2-4-6-5-3-1/h2-6H,11H2,1H3;6H,1-5H2. The van der Waals surface area contributed by atoms with Crippen LogP contribution in [0, 0.1) is 0 Å². The molecule has 7 nitrogen and oxygen atoms in total. The minimum atomic E-state index is 0.570. The molecule has 0 aromatic carbocycles. The van der Waals surface area contributed by atoms with Crippen molar-refractivity contribution in [2.24, 2.45) is 7.05 Å². The van der Waals surface area contributed by atoms with Gasteiger partial charge in [0.15, 0.2) is 5.65 Å². The van der Waals surface area contributed by atoms with E-state index < -0.39 is 0 Å². The van der Waals surface area contributed by atoms with Crippen molar-refractivity contribution < 1.29 is 0 Å². The largest absolute Gasteiger partial charge is 0.384 e. The summed E-state index contributed by atoms with van der Waals surface area (Å²) in [4.78, 5) is 4.27. The average Bonchev–Trinajstić information content (AvgIpc) is 3.16. The number of nitrogen functional groups attached to an aromatic ring is 1. The first kappa shape index (κ1) is 14.5. The molecule has 0 amide bonds. The first-order valence-electron chi connectivity index (χ1n) is 7.53. The van der Waals surface area contributed by atoms with Crippen LogP contribution in [0.2, 0.25) is 0 Å². The quantitative estimate of drug-likeness (QED) is 0.710. The molecule has 3 aromatic rings. The lowest BCUT2D eigenvalue weighted by molar-refractivity contribution is 0.520. The van der Waals surface area contributed by atoms with Gasteiger partial charge in [-0.15, -0.1) is 0 Å². The van der Waals surface area contributed by atoms with Gasteiger partial charge >= 0.3 is 0 Å². The van der Waals surface area contributed by atoms with E-state index in [1.165, 1.54) is 32.4 Å². The number of hydrogen-bond acceptors (Lipinski definition) is 5. The second kappa shape index (κ2) is 6.57. The molecule has 1 saturated heterocycles. The van der Waals surface area contributed by atoms with Crippen LogP contribution >= 0.6 is 0 Å². The van der Waals surface area contributed by atoms with Gasteiger partial charge in [-0.25, -0.2) is 4.98 Å². The molecule has 116 valence electrons. The molecule has 7 heteroatoms. The van der Waals surface area contributed by atoms with E-state index in [4.69, 9.17) is 5.73 Å². The minimum absolute atomic E-state index is 0.570. The molecule has 22 heavy (non-hydrogen) atoms. The van der Waals surface area contributed by atoms with Gasteiger partial charge in [-0.3, -0.25) is 4.68 Å². The van der Waals surface area contributed by atoms with E-state index >= 15 is 0 Å². The summed E-state index contributed by atoms with van der Waals surface area (Å²) in [5.41, 5.74) is 8.45. The molecule has 0 spiro atoms. The van der Waals surface area contributed by atoms with E-state index in [9.17, 15) is 0 Å². The van der Waals surface area contributed by atoms with Gasteiger partial charge in [-0.2, -0.15) is 14.7 Å². The summed E-state index contributed by atoms with van der Waals surface area (Å²) < 4.78 is 3.35. The highest BCUT2D eigenvalue weighted by Crippen LogP contribution is 2.23. The fourth-order valence-electron chi connectivity index (χ4n) is 2.48. The monoisotopic (exact) mass is 299 g/mol. The second-order valence-corrected chi connectivity index (χ2v) is 5.38. The fraction of sp³-hybridized carbons (Fsp3) is 0.400. The predicted octanol–water partition coefficient (Wildman–Crippen LogP) is 1.47. The van der Waals surface area contributed by atoms with Crippen molar-refractivity contribution in [3.05, 3.63) is 30.9 Å². The first-order valence-corrected chi connectivity index (χ1v) is 7.53. The lowest BCUT2D eigenvalue weighted by Crippen LogP contribution is -2.21. The van der Waals surface area contributed by atoms with Crippen LogP contribution in [0.4, 0.5) is 5.82 Å². The number of aromatic nitrogens is 5. The van der Waals surface area contributed by atoms with Gasteiger partial charge in [-0.1, -0.05) is 6.42 Å². The Bertz CT molecular complexity index is 728. The van der Waals surface area contributed by atoms with E-state index in [2.05, 4.69) is 20.5 Å². The van der Waals surface area contributed by atoms with Crippen LogP contribution in [0.25, 0.3) is 16.8 Å². The third kappa shape index (κ3) is 3.09. The van der Waals surface area contributed by atoms with Crippen molar-refractivity contribution in [2.45, 2.75) is 19.3 Å². The summed E-state index contributed by atoms with van der Waals surface area (Å²) >= 11 is 0. The van der Waals surface area contributed by atoms with Gasteiger partial charge in [0.2, 0.25) is 0 Å². The minimum Gasteiger partial charge on any atom is -0.384 e. The van der Waals surface area contributed by atoms with E-state index in [1.807, 2.05) is 13.2 Å². The molecule has 0 aliphatic carbocycles. The maximum absolute atomic E-state index is 5.79. The van der Waals surface area contributed by atoms with Crippen LogP contribution in [-0.4, -0.2) is 37.5 Å². The fourth-order valence-corrected chi connectivity index (χ4v) is 2.48. The van der Waals surface area contributed by atoms with Crippen molar-refractivity contribution in [1.82, 2.24) is 29.7 Å². The molecule has 0 bridgehead atoms. The zero-order valence-corrected chi connectivity index (χ0v) is 12.7. The molecule has 3 N–H and O–H groups in total. The molecule has 1 fully saturated rings. The Hall–Kier alpha value is -2.41. The molecular weight excluding hydrogens is 278 g/mol. The molecule has 0 atom stereocenters. The number of aryl methyl sites for hydroxylation is 1. The Balaban J connectivity index is 0.000000202. The SMILES string of the molecule is C1CCNCC1.Cn1cc(-c2cnn3c(N)ccnc23)cn1. The van der Waals surface area contributed by atoms with Gasteiger partial charge < -0.3 is 11.1 Å². The van der Waals surface area contributed by atoms with E-state index in [0.29, 0.717) is 5.82 Å². The molecule has 1 aliphatic rings. The van der Waals surface area contributed by atoms with Crippen molar-refractivity contribution in [3.8, 4) is 11.1 Å². The zero-order valence-electron chi connectivity index (χ0n) is 12.7. The zero-order chi connectivity index (χ0) is 15.4. The second-order valence-electron chi connectivity index (χ2n) is 5.38. The number of nitrogens with two attached hydrogens (primary N) is 1. The molecule has 0 unspecified atom stereocenters. The summed E-state index contributed by atoms with van der Waals surface area (Å²) in [6, 6.07) is 1.72. The van der Waals surface area contributed by atoms with Crippen LogP contribution in [-0.2, 0) is 7.05 Å². The van der Waals surface area contributed by atoms with Crippen LogP contribution in [0.15, 0.2) is 30.9 Å². The number of nitrogens with one attached hydrogen (secondary N) is 1. The van der Waals surface area contributed by atoms with Gasteiger partial charge in [0.25, 0.3) is 0 Å². The molecular formula is C15H21N7. The van der Waals surface area contributed by atoms with Crippen molar-refractivity contribution in [1.29, 1.82) is 0 Å². The average molecular weight is 299 g/mol. The van der Waals surface area contributed by atoms with E-state index in [-0.39, 0.29) is 0 Å². The molecule has 1 aliphatic heterocycles. The number of rotatable bonds is 1. The smallest absolute Gasteiger partial charge is 0.165 e. The summed E-state index contributed by atoms with van der Waals surface area (Å²) in [5.74, 6) is 0.570. The maximum atomic E-state index is 5.79. The van der Waals surface area contributed by atoms with Gasteiger partial charge in [0.05, 0.1) is 12.4 Å². The molecule has 4 heterocycles. The van der Waals surface area contributed by atoms with Crippen LogP contribution in [0.3, 0.4) is 0 Å². The van der Waals surface area contributed by atoms with Crippen LogP contribution in [0.5, 0.6) is 0 Å². The van der Waals surface area contributed by atoms with Gasteiger partial charge in [0, 0.05) is 30.6 Å². The summed E-state index contributed by atoms with van der Waals surface area (Å²) in [5, 5.41) is 11.6. The highest BCUT2D eigenvalue weighted by molar-refractivity contribution is 5.76. The lowest BCUT2D eigenvalue weighted by Gasteiger charge is -2.08. The number of nitrogens with zero attached hydrogens (tertiary/aromatic N) is 5. The third-order valence-electron chi connectivity index (χ3n) is 3.65. The van der Waals surface area contributed by atoms with E-state index in [0.717, 1.165) is 16.8 Å². The van der Waals surface area contributed by atoms with Crippen LogP contribution < -0.4 is 11.1 Å². The molecule has 3 aromatic heterocycles. The van der Waals surface area contributed by atoms with Crippen molar-refractivity contribution >= 4 is 11.5 Å². The molecule has 0 radical (unpaired) electrons. The Kier molecular flexibility index (Phi) is 4.34. The number of anilines is 1. The normalized spacial score (nSPS) is 14.6. The highest BCUT2D eigenvalue weighted by Gasteiger charge is 2.10. The Morgan fingerprint density at radius 2 is 1.95 bits per heavy atom. The van der Waals surface area contributed by atoms with E-state index in [1.54, 1.807) is 33.9 Å². The van der Waals surface area contributed by atoms with Gasteiger partial charge in [0.1, 0.15) is 5.82 Å². The topological polar surface area (TPSA) is 86.1 Å². The Morgan fingerprint density at radius 1 is 1.14 bits per heavy atom. The molecule has 4 rings (SSSR count). The van der Waals surface area contributed by atoms with Crippen LogP contribution in [0.1, 0.15) is 19.3 Å². The molecule has 0 saturated carbocycles. The lowest BCUT2D eigenvalue weighted by atomic mass is 10.2. The third-order valence-corrected chi connectivity index (χ3v) is 3.65. The predicted molar refractivity (Wildman–Crippen MR) is 86.3 cm³/mol. The summed E-state index contributed by atoms with van der Waals surface area (Å²) in [6.07, 6.45) is 11.3. The summed E-state index contributed by atoms with van der Waals surface area (Å²) in [6.45, 7) is 2.50. The summed E-state index contributed by atoms with van der Waals surface area (Å²) in [7, 11) is 1.87.